The molecule has 0 unspecified atom stereocenters. The Kier molecular flexibility index (Phi) is 3.97. The molecule has 1 aromatic heterocycles. The Morgan fingerprint density at radius 3 is 2.80 bits per heavy atom. The molecule has 2 N–H and O–H groups in total. The van der Waals surface area contributed by atoms with E-state index < -0.39 is 0 Å². The molecule has 0 saturated heterocycles. The maximum absolute atomic E-state index is 5.75. The second-order valence-corrected chi connectivity index (χ2v) is 5.58. The summed E-state index contributed by atoms with van der Waals surface area (Å²) in [4.78, 5) is 5.44. The average molecular weight is 288 g/mol. The normalized spacial score (nSPS) is 13.8. The van der Waals surface area contributed by atoms with E-state index in [2.05, 4.69) is 4.98 Å². The lowest BCUT2D eigenvalue weighted by Crippen LogP contribution is -1.97. The lowest BCUT2D eigenvalue weighted by molar-refractivity contribution is 0.297. The maximum atomic E-state index is 5.75. The van der Waals surface area contributed by atoms with Crippen molar-refractivity contribution < 1.29 is 9.47 Å². The SMILES string of the molecule is Nc1ccnc(CSc2ccc3c(c2)OCCCO3)c1. The highest BCUT2D eigenvalue weighted by molar-refractivity contribution is 7.98. The molecule has 0 amide bonds. The van der Waals surface area contributed by atoms with Crippen LogP contribution in [0, 0.1) is 0 Å². The van der Waals surface area contributed by atoms with Gasteiger partial charge in [-0.25, -0.2) is 0 Å². The number of hydrogen-bond donors (Lipinski definition) is 1. The predicted octanol–water partition coefficient (Wildman–Crippen LogP) is 3.12. The van der Waals surface area contributed by atoms with Gasteiger partial charge in [0.05, 0.1) is 18.9 Å². The van der Waals surface area contributed by atoms with E-state index in [-0.39, 0.29) is 0 Å². The van der Waals surface area contributed by atoms with Crippen LogP contribution in [0.1, 0.15) is 12.1 Å². The molecule has 0 spiro atoms. The Morgan fingerprint density at radius 2 is 1.95 bits per heavy atom. The molecule has 4 nitrogen and oxygen atoms in total. The van der Waals surface area contributed by atoms with Gasteiger partial charge in [-0.3, -0.25) is 4.98 Å². The topological polar surface area (TPSA) is 57.4 Å². The smallest absolute Gasteiger partial charge is 0.162 e. The van der Waals surface area contributed by atoms with Crippen molar-refractivity contribution in [3.8, 4) is 11.5 Å². The van der Waals surface area contributed by atoms with Gasteiger partial charge in [-0.2, -0.15) is 0 Å². The Morgan fingerprint density at radius 1 is 1.10 bits per heavy atom. The molecule has 104 valence electrons. The number of nitrogen functional groups attached to an aromatic ring is 1. The molecule has 0 bridgehead atoms. The van der Waals surface area contributed by atoms with Crippen LogP contribution in [0.15, 0.2) is 41.4 Å². The fraction of sp³-hybridized carbons (Fsp3) is 0.267. The van der Waals surface area contributed by atoms with Crippen LogP contribution < -0.4 is 15.2 Å². The quantitative estimate of drug-likeness (QED) is 0.879. The second kappa shape index (κ2) is 6.05. The third-order valence-electron chi connectivity index (χ3n) is 2.95. The minimum Gasteiger partial charge on any atom is -0.490 e. The molecule has 1 aromatic carbocycles. The first-order valence-corrected chi connectivity index (χ1v) is 7.53. The van der Waals surface area contributed by atoms with Gasteiger partial charge in [0.25, 0.3) is 0 Å². The van der Waals surface area contributed by atoms with Crippen molar-refractivity contribution in [1.29, 1.82) is 0 Å². The average Bonchev–Trinajstić information content (AvgIpc) is 2.70. The number of pyridine rings is 1. The Bertz CT molecular complexity index is 604. The summed E-state index contributed by atoms with van der Waals surface area (Å²) in [5.74, 6) is 2.44. The maximum Gasteiger partial charge on any atom is 0.162 e. The number of nitrogens with zero attached hydrogens (tertiary/aromatic N) is 1. The van der Waals surface area contributed by atoms with E-state index in [1.807, 2.05) is 24.3 Å². The molecule has 1 aliphatic heterocycles. The van der Waals surface area contributed by atoms with Crippen molar-refractivity contribution in [1.82, 2.24) is 4.98 Å². The van der Waals surface area contributed by atoms with Crippen molar-refractivity contribution in [2.75, 3.05) is 18.9 Å². The van der Waals surface area contributed by atoms with Crippen LogP contribution in [0.5, 0.6) is 11.5 Å². The zero-order chi connectivity index (χ0) is 13.8. The second-order valence-electron chi connectivity index (χ2n) is 4.53. The Hall–Kier alpha value is -1.88. The van der Waals surface area contributed by atoms with Gasteiger partial charge < -0.3 is 15.2 Å². The summed E-state index contributed by atoms with van der Waals surface area (Å²) in [6, 6.07) is 9.73. The lowest BCUT2D eigenvalue weighted by Gasteiger charge is -2.09. The predicted molar refractivity (Wildman–Crippen MR) is 80.3 cm³/mol. The monoisotopic (exact) mass is 288 g/mol. The number of fused-ring (bicyclic) bond motifs is 1. The first-order chi connectivity index (χ1) is 9.81. The zero-order valence-electron chi connectivity index (χ0n) is 11.0. The number of ether oxygens (including phenoxy) is 2. The third-order valence-corrected chi connectivity index (χ3v) is 3.97. The van der Waals surface area contributed by atoms with Crippen LogP contribution in [0.3, 0.4) is 0 Å². The number of nitrogens with two attached hydrogens (primary N) is 1. The molecule has 1 aliphatic rings. The highest BCUT2D eigenvalue weighted by Gasteiger charge is 2.10. The fourth-order valence-electron chi connectivity index (χ4n) is 1.97. The molecule has 20 heavy (non-hydrogen) atoms. The van der Waals surface area contributed by atoms with Crippen LogP contribution in [0.4, 0.5) is 5.69 Å². The molecule has 0 radical (unpaired) electrons. The largest absolute Gasteiger partial charge is 0.490 e. The molecule has 0 atom stereocenters. The van der Waals surface area contributed by atoms with Crippen LogP contribution in [0.25, 0.3) is 0 Å². The number of benzene rings is 1. The summed E-state index contributed by atoms with van der Waals surface area (Å²) in [6.07, 6.45) is 2.66. The minimum atomic E-state index is 0.706. The summed E-state index contributed by atoms with van der Waals surface area (Å²) in [5.41, 5.74) is 7.47. The van der Waals surface area contributed by atoms with E-state index in [1.54, 1.807) is 24.0 Å². The molecule has 2 aromatic rings. The first kappa shape index (κ1) is 13.1. The van der Waals surface area contributed by atoms with E-state index in [9.17, 15) is 0 Å². The number of rotatable bonds is 3. The summed E-state index contributed by atoms with van der Waals surface area (Å²) in [7, 11) is 0. The van der Waals surface area contributed by atoms with Gasteiger partial charge in [-0.15, -0.1) is 11.8 Å². The molecule has 0 aliphatic carbocycles. The Labute approximate surface area is 122 Å². The van der Waals surface area contributed by atoms with E-state index in [0.717, 1.165) is 39.9 Å². The molecular formula is C15H16N2O2S. The molecule has 0 fully saturated rings. The van der Waals surface area contributed by atoms with Gasteiger partial charge in [0.1, 0.15) is 0 Å². The number of anilines is 1. The van der Waals surface area contributed by atoms with E-state index in [1.165, 1.54) is 0 Å². The van der Waals surface area contributed by atoms with E-state index >= 15 is 0 Å². The summed E-state index contributed by atoms with van der Waals surface area (Å²) in [5, 5.41) is 0. The van der Waals surface area contributed by atoms with Gasteiger partial charge in [-0.1, -0.05) is 0 Å². The van der Waals surface area contributed by atoms with E-state index in [0.29, 0.717) is 13.2 Å². The van der Waals surface area contributed by atoms with Gasteiger partial charge in [0.15, 0.2) is 11.5 Å². The van der Waals surface area contributed by atoms with Gasteiger partial charge in [-0.05, 0) is 30.3 Å². The van der Waals surface area contributed by atoms with E-state index in [4.69, 9.17) is 15.2 Å². The fourth-order valence-corrected chi connectivity index (χ4v) is 2.79. The highest BCUT2D eigenvalue weighted by Crippen LogP contribution is 2.34. The van der Waals surface area contributed by atoms with Crippen molar-refractivity contribution in [2.45, 2.75) is 17.1 Å². The van der Waals surface area contributed by atoms with Crippen LogP contribution >= 0.6 is 11.8 Å². The number of aromatic nitrogens is 1. The van der Waals surface area contributed by atoms with Crippen LogP contribution in [-0.2, 0) is 5.75 Å². The number of hydrogen-bond acceptors (Lipinski definition) is 5. The van der Waals surface area contributed by atoms with Crippen molar-refractivity contribution in [3.63, 3.8) is 0 Å². The highest BCUT2D eigenvalue weighted by atomic mass is 32.2. The Balaban J connectivity index is 1.70. The third kappa shape index (κ3) is 3.17. The minimum absolute atomic E-state index is 0.706. The lowest BCUT2D eigenvalue weighted by atomic mass is 10.3. The molecule has 0 saturated carbocycles. The molecular weight excluding hydrogens is 272 g/mol. The number of thioether (sulfide) groups is 1. The van der Waals surface area contributed by atoms with Crippen molar-refractivity contribution in [3.05, 3.63) is 42.2 Å². The van der Waals surface area contributed by atoms with Crippen molar-refractivity contribution in [2.24, 2.45) is 0 Å². The molecule has 3 rings (SSSR count). The summed E-state index contributed by atoms with van der Waals surface area (Å²) < 4.78 is 11.3. The van der Waals surface area contributed by atoms with Gasteiger partial charge in [0, 0.05) is 29.0 Å². The zero-order valence-corrected chi connectivity index (χ0v) is 11.9. The van der Waals surface area contributed by atoms with Gasteiger partial charge in [0.2, 0.25) is 0 Å². The van der Waals surface area contributed by atoms with Crippen LogP contribution in [-0.4, -0.2) is 18.2 Å². The summed E-state index contributed by atoms with van der Waals surface area (Å²) in [6.45, 7) is 1.42. The first-order valence-electron chi connectivity index (χ1n) is 6.54. The summed E-state index contributed by atoms with van der Waals surface area (Å²) >= 11 is 1.71. The molecule has 5 heteroatoms. The van der Waals surface area contributed by atoms with Crippen molar-refractivity contribution >= 4 is 17.4 Å². The van der Waals surface area contributed by atoms with Crippen LogP contribution in [0.2, 0.25) is 0 Å². The standard InChI is InChI=1S/C15H16N2O2S/c16-11-4-5-17-12(8-11)10-20-13-2-3-14-15(9-13)19-7-1-6-18-14/h2-5,8-9H,1,6-7,10H2,(H2,16,17). The molecule has 2 heterocycles. The van der Waals surface area contributed by atoms with Gasteiger partial charge >= 0.3 is 0 Å².